The number of hydrogen-bond donors (Lipinski definition) is 1. The van der Waals surface area contributed by atoms with Crippen LogP contribution in [0.1, 0.15) is 25.8 Å². The molecule has 142 valence electrons. The number of nitrogens with zero attached hydrogens (tertiary/aromatic N) is 2. The van der Waals surface area contributed by atoms with Gasteiger partial charge in [0.2, 0.25) is 11.8 Å². The highest BCUT2D eigenvalue weighted by Gasteiger charge is 2.32. The smallest absolute Gasteiger partial charge is 0.237 e. The van der Waals surface area contributed by atoms with Crippen LogP contribution in [-0.4, -0.2) is 67.5 Å². The quantitative estimate of drug-likeness (QED) is 0.806. The molecule has 6 nitrogen and oxygen atoms in total. The fourth-order valence-electron chi connectivity index (χ4n) is 2.92. The Bertz CT molecular complexity index is 657. The number of piperazine rings is 1. The Morgan fingerprint density at radius 3 is 2.85 bits per heavy atom. The Labute approximate surface area is 155 Å². The summed E-state index contributed by atoms with van der Waals surface area (Å²) in [5.41, 5.74) is 0.989. The number of methoxy groups -OCH3 is 1. The zero-order chi connectivity index (χ0) is 19.1. The minimum Gasteiger partial charge on any atom is -0.496 e. The maximum atomic E-state index is 12.4. The lowest BCUT2D eigenvalue weighted by Gasteiger charge is -2.35. The summed E-state index contributed by atoms with van der Waals surface area (Å²) in [5.74, 6) is 0.721. The van der Waals surface area contributed by atoms with Crippen molar-refractivity contribution in [1.82, 2.24) is 15.1 Å². The maximum absolute atomic E-state index is 12.4. The van der Waals surface area contributed by atoms with E-state index >= 15 is 0 Å². The molecule has 1 aliphatic heterocycles. The molecule has 0 aromatic heterocycles. The topological polar surface area (TPSA) is 61.9 Å². The van der Waals surface area contributed by atoms with E-state index in [9.17, 15) is 9.59 Å². The predicted octanol–water partition coefficient (Wildman–Crippen LogP) is 1.77. The molecule has 1 N–H and O–H groups in total. The van der Waals surface area contributed by atoms with Crippen molar-refractivity contribution in [2.24, 2.45) is 0 Å². The normalized spacial score (nSPS) is 18.2. The largest absolute Gasteiger partial charge is 0.496 e. The summed E-state index contributed by atoms with van der Waals surface area (Å²) in [7, 11) is 3.42. The van der Waals surface area contributed by atoms with Crippen molar-refractivity contribution < 1.29 is 14.3 Å². The van der Waals surface area contributed by atoms with E-state index in [-0.39, 0.29) is 24.3 Å². The molecule has 1 atom stereocenters. The molecule has 26 heavy (non-hydrogen) atoms. The molecule has 6 heteroatoms. The Kier molecular flexibility index (Phi) is 7.21. The summed E-state index contributed by atoms with van der Waals surface area (Å²) in [6.45, 7) is 5.87. The molecule has 1 aromatic rings. The SMILES string of the molecule is COc1ccccc1C=CCN1CCNC(=O)C1CC(=O)N(C)C(C)C. The third-order valence-corrected chi connectivity index (χ3v) is 4.75. The number of carbonyl (C=O) groups is 2. The van der Waals surface area contributed by atoms with E-state index in [2.05, 4.69) is 10.2 Å². The van der Waals surface area contributed by atoms with Crippen molar-refractivity contribution in [2.45, 2.75) is 32.4 Å². The van der Waals surface area contributed by atoms with Crippen LogP contribution < -0.4 is 10.1 Å². The zero-order valence-corrected chi connectivity index (χ0v) is 16.1. The van der Waals surface area contributed by atoms with Crippen LogP contribution in [0.2, 0.25) is 0 Å². The number of nitrogens with one attached hydrogen (secondary N) is 1. The molecule has 1 unspecified atom stereocenters. The standard InChI is InChI=1S/C20H29N3O3/c1-15(2)22(3)19(24)14-17-20(25)21-11-13-23(17)12-7-9-16-8-5-6-10-18(16)26-4/h5-10,15,17H,11-14H2,1-4H3,(H,21,25). The molecule has 0 spiro atoms. The van der Waals surface area contributed by atoms with Gasteiger partial charge in [-0.05, 0) is 19.9 Å². The van der Waals surface area contributed by atoms with Gasteiger partial charge in [0.1, 0.15) is 5.75 Å². The van der Waals surface area contributed by atoms with E-state index in [0.717, 1.165) is 17.9 Å². The molecule has 0 saturated carbocycles. The minimum atomic E-state index is -0.431. The van der Waals surface area contributed by atoms with Gasteiger partial charge in [-0.25, -0.2) is 0 Å². The summed E-state index contributed by atoms with van der Waals surface area (Å²) in [6, 6.07) is 7.47. The first-order chi connectivity index (χ1) is 12.4. The molecule has 1 heterocycles. The fraction of sp³-hybridized carbons (Fsp3) is 0.500. The number of ether oxygens (including phenoxy) is 1. The molecule has 2 amide bonds. The van der Waals surface area contributed by atoms with E-state index in [0.29, 0.717) is 13.1 Å². The summed E-state index contributed by atoms with van der Waals surface area (Å²) < 4.78 is 5.35. The summed E-state index contributed by atoms with van der Waals surface area (Å²) in [6.07, 6.45) is 4.20. The maximum Gasteiger partial charge on any atom is 0.237 e. The fourth-order valence-corrected chi connectivity index (χ4v) is 2.92. The van der Waals surface area contributed by atoms with Crippen LogP contribution in [0.4, 0.5) is 0 Å². The highest BCUT2D eigenvalue weighted by Crippen LogP contribution is 2.19. The summed E-state index contributed by atoms with van der Waals surface area (Å²) >= 11 is 0. The second-order valence-electron chi connectivity index (χ2n) is 6.75. The van der Waals surface area contributed by atoms with Gasteiger partial charge in [0.25, 0.3) is 0 Å². The van der Waals surface area contributed by atoms with Gasteiger partial charge >= 0.3 is 0 Å². The van der Waals surface area contributed by atoms with Crippen molar-refractivity contribution in [3.63, 3.8) is 0 Å². The van der Waals surface area contributed by atoms with E-state index in [1.54, 1.807) is 19.1 Å². The Morgan fingerprint density at radius 2 is 2.15 bits per heavy atom. The Morgan fingerprint density at radius 1 is 1.42 bits per heavy atom. The average Bonchev–Trinajstić information content (AvgIpc) is 2.63. The second kappa shape index (κ2) is 9.38. The van der Waals surface area contributed by atoms with Crippen molar-refractivity contribution >= 4 is 17.9 Å². The van der Waals surface area contributed by atoms with E-state index in [4.69, 9.17) is 4.74 Å². The first kappa shape index (κ1) is 20.0. The predicted molar refractivity (Wildman–Crippen MR) is 103 cm³/mol. The molecule has 1 aliphatic rings. The van der Waals surface area contributed by atoms with Crippen molar-refractivity contribution in [3.8, 4) is 5.75 Å². The van der Waals surface area contributed by atoms with Gasteiger partial charge in [-0.1, -0.05) is 30.4 Å². The minimum absolute atomic E-state index is 0.0132. The van der Waals surface area contributed by atoms with E-state index < -0.39 is 6.04 Å². The van der Waals surface area contributed by atoms with Gasteiger partial charge < -0.3 is 15.0 Å². The van der Waals surface area contributed by atoms with Crippen LogP contribution in [0.15, 0.2) is 30.3 Å². The zero-order valence-electron chi connectivity index (χ0n) is 16.1. The molecule has 1 fully saturated rings. The molecule has 0 radical (unpaired) electrons. The number of benzene rings is 1. The lowest BCUT2D eigenvalue weighted by atomic mass is 10.1. The lowest BCUT2D eigenvalue weighted by molar-refractivity contribution is -0.138. The van der Waals surface area contributed by atoms with Crippen molar-refractivity contribution in [3.05, 3.63) is 35.9 Å². The number of hydrogen-bond acceptors (Lipinski definition) is 4. The van der Waals surface area contributed by atoms with E-state index in [1.165, 1.54) is 0 Å². The van der Waals surface area contributed by atoms with Crippen LogP contribution in [0.5, 0.6) is 5.75 Å². The molecule has 0 aliphatic carbocycles. The van der Waals surface area contributed by atoms with Gasteiger partial charge in [-0.15, -0.1) is 0 Å². The van der Waals surface area contributed by atoms with Crippen LogP contribution in [0, 0.1) is 0 Å². The van der Waals surface area contributed by atoms with Crippen LogP contribution in [-0.2, 0) is 9.59 Å². The van der Waals surface area contributed by atoms with Gasteiger partial charge in [0.05, 0.1) is 19.6 Å². The first-order valence-electron chi connectivity index (χ1n) is 9.01. The second-order valence-corrected chi connectivity index (χ2v) is 6.75. The molecule has 2 rings (SSSR count). The third kappa shape index (κ3) is 5.08. The van der Waals surface area contributed by atoms with Gasteiger partial charge in [-0.3, -0.25) is 14.5 Å². The highest BCUT2D eigenvalue weighted by atomic mass is 16.5. The van der Waals surface area contributed by atoms with Crippen molar-refractivity contribution in [2.75, 3.05) is 33.8 Å². The summed E-state index contributed by atoms with van der Waals surface area (Å²) in [5, 5.41) is 2.87. The third-order valence-electron chi connectivity index (χ3n) is 4.75. The van der Waals surface area contributed by atoms with Gasteiger partial charge in [0, 0.05) is 38.3 Å². The van der Waals surface area contributed by atoms with Crippen LogP contribution >= 0.6 is 0 Å². The van der Waals surface area contributed by atoms with Crippen LogP contribution in [0.3, 0.4) is 0 Å². The van der Waals surface area contributed by atoms with Gasteiger partial charge in [0.15, 0.2) is 0 Å². The van der Waals surface area contributed by atoms with Crippen molar-refractivity contribution in [1.29, 1.82) is 0 Å². The summed E-state index contributed by atoms with van der Waals surface area (Å²) in [4.78, 5) is 28.4. The number of carbonyl (C=O) groups excluding carboxylic acids is 2. The number of para-hydroxylation sites is 1. The molecular weight excluding hydrogens is 330 g/mol. The molecule has 0 bridgehead atoms. The van der Waals surface area contributed by atoms with Gasteiger partial charge in [-0.2, -0.15) is 0 Å². The molecule has 1 aromatic carbocycles. The number of rotatable bonds is 7. The Balaban J connectivity index is 2.04. The average molecular weight is 359 g/mol. The lowest BCUT2D eigenvalue weighted by Crippen LogP contribution is -2.56. The molecule has 1 saturated heterocycles. The first-order valence-corrected chi connectivity index (χ1v) is 9.01. The molecular formula is C20H29N3O3. The monoisotopic (exact) mass is 359 g/mol. The Hall–Kier alpha value is -2.34. The highest BCUT2D eigenvalue weighted by molar-refractivity contribution is 5.88. The van der Waals surface area contributed by atoms with Crippen LogP contribution in [0.25, 0.3) is 6.08 Å². The number of amides is 2. The van der Waals surface area contributed by atoms with E-state index in [1.807, 2.05) is 50.3 Å².